The van der Waals surface area contributed by atoms with Gasteiger partial charge >= 0.3 is 0 Å². The van der Waals surface area contributed by atoms with Crippen LogP contribution >= 0.6 is 12.2 Å². The van der Waals surface area contributed by atoms with Gasteiger partial charge in [-0.1, -0.05) is 0 Å². The minimum Gasteiger partial charge on any atom is -0.329 e. The van der Waals surface area contributed by atoms with Crippen molar-refractivity contribution >= 4 is 23.4 Å². The molecule has 4 heteroatoms. The number of nitrogens with one attached hydrogen (secondary N) is 1. The van der Waals surface area contributed by atoms with Gasteiger partial charge in [-0.2, -0.15) is 0 Å². The molecule has 15 heavy (non-hydrogen) atoms. The van der Waals surface area contributed by atoms with E-state index in [1.165, 1.54) is 19.3 Å². The fraction of sp³-hybridized carbons (Fsp3) is 0.455. The van der Waals surface area contributed by atoms with Gasteiger partial charge in [0.15, 0.2) is 10.4 Å². The standard InChI is InChI=1S/C11H13N3S/c1-11(5-3-6-11)14-9-8(13-10(14)15)4-2-7-12-9/h2,4,7H,3,5-6H2,1H3,(H,13,15). The van der Waals surface area contributed by atoms with Crippen molar-refractivity contribution in [3.63, 3.8) is 0 Å². The van der Waals surface area contributed by atoms with Crippen molar-refractivity contribution < 1.29 is 0 Å². The van der Waals surface area contributed by atoms with Crippen molar-refractivity contribution in [2.24, 2.45) is 0 Å². The molecule has 1 fully saturated rings. The summed E-state index contributed by atoms with van der Waals surface area (Å²) < 4.78 is 2.98. The summed E-state index contributed by atoms with van der Waals surface area (Å²) in [4.78, 5) is 7.63. The lowest BCUT2D eigenvalue weighted by Crippen LogP contribution is -2.37. The third kappa shape index (κ3) is 1.17. The Morgan fingerprint density at radius 3 is 3.00 bits per heavy atom. The summed E-state index contributed by atoms with van der Waals surface area (Å²) in [5, 5.41) is 0. The Morgan fingerprint density at radius 2 is 2.33 bits per heavy atom. The normalized spacial score (nSPS) is 19.0. The Hall–Kier alpha value is -1.16. The highest BCUT2D eigenvalue weighted by atomic mass is 32.1. The van der Waals surface area contributed by atoms with E-state index in [1.54, 1.807) is 0 Å². The lowest BCUT2D eigenvalue weighted by Gasteiger charge is -2.39. The minimum atomic E-state index is 0.184. The molecule has 0 bridgehead atoms. The quantitative estimate of drug-likeness (QED) is 0.748. The Kier molecular flexibility index (Phi) is 1.77. The maximum Gasteiger partial charge on any atom is 0.179 e. The topological polar surface area (TPSA) is 33.6 Å². The first-order valence-corrected chi connectivity index (χ1v) is 5.68. The van der Waals surface area contributed by atoms with E-state index in [1.807, 2.05) is 18.3 Å². The van der Waals surface area contributed by atoms with Crippen molar-refractivity contribution in [1.29, 1.82) is 0 Å². The molecule has 1 aliphatic carbocycles. The first kappa shape index (κ1) is 9.09. The molecule has 0 unspecified atom stereocenters. The van der Waals surface area contributed by atoms with E-state index in [0.29, 0.717) is 0 Å². The molecule has 0 amide bonds. The van der Waals surface area contributed by atoms with Crippen molar-refractivity contribution in [2.75, 3.05) is 0 Å². The Bertz CT molecular complexity index is 562. The molecule has 78 valence electrons. The lowest BCUT2D eigenvalue weighted by molar-refractivity contribution is 0.171. The van der Waals surface area contributed by atoms with Crippen LogP contribution in [-0.2, 0) is 5.54 Å². The zero-order chi connectivity index (χ0) is 10.5. The molecule has 3 nitrogen and oxygen atoms in total. The van der Waals surface area contributed by atoms with Crippen LogP contribution in [0.5, 0.6) is 0 Å². The number of H-pyrrole nitrogens is 1. The second kappa shape index (κ2) is 2.92. The van der Waals surface area contributed by atoms with Crippen LogP contribution in [0.1, 0.15) is 26.2 Å². The summed E-state index contributed by atoms with van der Waals surface area (Å²) in [6, 6.07) is 3.96. The van der Waals surface area contributed by atoms with E-state index in [2.05, 4.69) is 21.5 Å². The van der Waals surface area contributed by atoms with Crippen LogP contribution in [0.4, 0.5) is 0 Å². The Morgan fingerprint density at radius 1 is 1.53 bits per heavy atom. The molecule has 3 rings (SSSR count). The average molecular weight is 219 g/mol. The smallest absolute Gasteiger partial charge is 0.179 e. The van der Waals surface area contributed by atoms with Gasteiger partial charge in [-0.3, -0.25) is 4.57 Å². The molecule has 2 heterocycles. The van der Waals surface area contributed by atoms with E-state index in [4.69, 9.17) is 12.2 Å². The predicted octanol–water partition coefficient (Wildman–Crippen LogP) is 2.99. The summed E-state index contributed by atoms with van der Waals surface area (Å²) in [5.74, 6) is 0. The van der Waals surface area contributed by atoms with Crippen LogP contribution < -0.4 is 0 Å². The van der Waals surface area contributed by atoms with Crippen LogP contribution in [0, 0.1) is 4.77 Å². The number of aromatic nitrogens is 3. The van der Waals surface area contributed by atoms with Gasteiger partial charge < -0.3 is 4.98 Å². The first-order chi connectivity index (χ1) is 7.21. The van der Waals surface area contributed by atoms with Crippen LogP contribution in [0.3, 0.4) is 0 Å². The van der Waals surface area contributed by atoms with Gasteiger partial charge in [0, 0.05) is 11.7 Å². The van der Waals surface area contributed by atoms with Gasteiger partial charge in [-0.25, -0.2) is 4.98 Å². The molecule has 0 spiro atoms. The van der Waals surface area contributed by atoms with Gasteiger partial charge in [-0.15, -0.1) is 0 Å². The summed E-state index contributed by atoms with van der Waals surface area (Å²) in [7, 11) is 0. The highest BCUT2D eigenvalue weighted by molar-refractivity contribution is 7.71. The number of pyridine rings is 1. The number of nitrogens with zero attached hydrogens (tertiary/aromatic N) is 2. The summed E-state index contributed by atoms with van der Waals surface area (Å²) in [6.45, 7) is 2.26. The fourth-order valence-electron chi connectivity index (χ4n) is 2.35. The monoisotopic (exact) mass is 219 g/mol. The minimum absolute atomic E-state index is 0.184. The van der Waals surface area contributed by atoms with Gasteiger partial charge in [0.25, 0.3) is 0 Å². The number of rotatable bonds is 1. The van der Waals surface area contributed by atoms with Crippen molar-refractivity contribution in [2.45, 2.75) is 31.7 Å². The SMILES string of the molecule is CC1(n2c(=S)[nH]c3cccnc32)CCC1. The van der Waals surface area contributed by atoms with Crippen molar-refractivity contribution in [1.82, 2.24) is 14.5 Å². The number of fused-ring (bicyclic) bond motifs is 1. The maximum absolute atomic E-state index is 5.37. The molecular weight excluding hydrogens is 206 g/mol. The van der Waals surface area contributed by atoms with Crippen molar-refractivity contribution in [3.05, 3.63) is 23.1 Å². The van der Waals surface area contributed by atoms with E-state index in [9.17, 15) is 0 Å². The molecule has 0 aliphatic heterocycles. The van der Waals surface area contributed by atoms with Crippen LogP contribution in [0.25, 0.3) is 11.2 Å². The largest absolute Gasteiger partial charge is 0.329 e. The molecule has 2 aromatic heterocycles. The van der Waals surface area contributed by atoms with E-state index < -0.39 is 0 Å². The molecule has 1 N–H and O–H groups in total. The summed E-state index contributed by atoms with van der Waals surface area (Å²) >= 11 is 5.37. The van der Waals surface area contributed by atoms with E-state index in [0.717, 1.165) is 15.9 Å². The number of imidazole rings is 1. The fourth-order valence-corrected chi connectivity index (χ4v) is 2.77. The highest BCUT2D eigenvalue weighted by Gasteiger charge is 2.35. The molecule has 0 radical (unpaired) electrons. The average Bonchev–Trinajstić information content (AvgIpc) is 2.51. The zero-order valence-corrected chi connectivity index (χ0v) is 9.47. The molecule has 0 saturated heterocycles. The number of hydrogen-bond acceptors (Lipinski definition) is 2. The number of hydrogen-bond donors (Lipinski definition) is 1. The molecular formula is C11H13N3S. The first-order valence-electron chi connectivity index (χ1n) is 5.27. The van der Waals surface area contributed by atoms with Crippen LogP contribution in [-0.4, -0.2) is 14.5 Å². The zero-order valence-electron chi connectivity index (χ0n) is 8.66. The second-order valence-corrected chi connectivity index (χ2v) is 4.88. The predicted molar refractivity (Wildman–Crippen MR) is 62.4 cm³/mol. The lowest BCUT2D eigenvalue weighted by atomic mass is 9.78. The van der Waals surface area contributed by atoms with Gasteiger partial charge in [0.2, 0.25) is 0 Å². The summed E-state index contributed by atoms with van der Waals surface area (Å²) in [6.07, 6.45) is 5.51. The van der Waals surface area contributed by atoms with Gasteiger partial charge in [0.1, 0.15) is 0 Å². The molecule has 0 aromatic carbocycles. The Labute approximate surface area is 93.1 Å². The maximum atomic E-state index is 5.37. The van der Waals surface area contributed by atoms with Crippen LogP contribution in [0.15, 0.2) is 18.3 Å². The molecule has 1 aliphatic rings. The molecule has 2 aromatic rings. The van der Waals surface area contributed by atoms with E-state index >= 15 is 0 Å². The number of aromatic amines is 1. The van der Waals surface area contributed by atoms with E-state index in [-0.39, 0.29) is 5.54 Å². The summed E-state index contributed by atoms with van der Waals surface area (Å²) in [5.41, 5.74) is 2.21. The Balaban J connectivity index is 2.34. The van der Waals surface area contributed by atoms with Crippen LogP contribution in [0.2, 0.25) is 0 Å². The third-order valence-electron chi connectivity index (χ3n) is 3.41. The second-order valence-electron chi connectivity index (χ2n) is 4.49. The molecule has 1 saturated carbocycles. The van der Waals surface area contributed by atoms with Gasteiger partial charge in [-0.05, 0) is 50.5 Å². The highest BCUT2D eigenvalue weighted by Crippen LogP contribution is 2.40. The third-order valence-corrected chi connectivity index (χ3v) is 3.70. The van der Waals surface area contributed by atoms with Crippen molar-refractivity contribution in [3.8, 4) is 0 Å². The molecule has 0 atom stereocenters. The van der Waals surface area contributed by atoms with Gasteiger partial charge in [0.05, 0.1) is 5.52 Å².